The van der Waals surface area contributed by atoms with Crippen molar-refractivity contribution in [2.45, 2.75) is 52.0 Å². The molecule has 0 radical (unpaired) electrons. The summed E-state index contributed by atoms with van der Waals surface area (Å²) in [5.74, 6) is -3.14. The molecule has 0 spiro atoms. The first kappa shape index (κ1) is 15.0. The number of hydrogen-bond acceptors (Lipinski definition) is 4. The predicted octanol–water partition coefficient (Wildman–Crippen LogP) is 2.07. The van der Waals surface area contributed by atoms with Crippen LogP contribution < -0.4 is 0 Å². The zero-order chi connectivity index (χ0) is 13.7. The molecule has 1 N–H and O–H groups in total. The molecule has 1 aliphatic carbocycles. The van der Waals surface area contributed by atoms with E-state index in [4.69, 9.17) is 9.94 Å². The van der Waals surface area contributed by atoms with Gasteiger partial charge in [0.1, 0.15) is 0 Å². The summed E-state index contributed by atoms with van der Waals surface area (Å²) in [5.41, 5.74) is 0. The number of aliphatic carboxylic acids is 1. The second-order valence-corrected chi connectivity index (χ2v) is 5.31. The lowest BCUT2D eigenvalue weighted by Gasteiger charge is -2.30. The van der Waals surface area contributed by atoms with Crippen molar-refractivity contribution in [3.63, 3.8) is 0 Å². The van der Waals surface area contributed by atoms with Gasteiger partial charge in [-0.15, -0.1) is 5.06 Å². The minimum absolute atomic E-state index is 0.226. The van der Waals surface area contributed by atoms with Crippen molar-refractivity contribution in [1.82, 2.24) is 5.06 Å². The summed E-state index contributed by atoms with van der Waals surface area (Å²) < 4.78 is 0. The first-order valence-corrected chi connectivity index (χ1v) is 6.61. The highest BCUT2D eigenvalue weighted by Crippen LogP contribution is 2.23. The normalized spacial score (nSPS) is 18.9. The average molecular weight is 257 g/mol. The van der Waals surface area contributed by atoms with E-state index in [9.17, 15) is 9.59 Å². The molecule has 0 amide bonds. The maximum Gasteiger partial charge on any atom is 0.339 e. The van der Waals surface area contributed by atoms with E-state index in [-0.39, 0.29) is 12.0 Å². The number of rotatable bonds is 5. The summed E-state index contributed by atoms with van der Waals surface area (Å²) in [7, 11) is 1.72. The van der Waals surface area contributed by atoms with Crippen LogP contribution in [0.5, 0.6) is 0 Å². The molecule has 1 aliphatic rings. The van der Waals surface area contributed by atoms with Crippen LogP contribution >= 0.6 is 0 Å². The van der Waals surface area contributed by atoms with Crippen molar-refractivity contribution in [2.24, 2.45) is 11.8 Å². The Morgan fingerprint density at radius 2 is 1.78 bits per heavy atom. The molecule has 104 valence electrons. The summed E-state index contributed by atoms with van der Waals surface area (Å²) in [5, 5.41) is 10.6. The highest BCUT2D eigenvalue weighted by molar-refractivity contribution is 5.94. The first-order valence-electron chi connectivity index (χ1n) is 6.61. The highest BCUT2D eigenvalue weighted by atomic mass is 16.7. The molecule has 1 atom stereocenters. The zero-order valence-electron chi connectivity index (χ0n) is 11.4. The van der Waals surface area contributed by atoms with E-state index < -0.39 is 17.9 Å². The van der Waals surface area contributed by atoms with Crippen molar-refractivity contribution < 1.29 is 19.5 Å². The molecule has 0 saturated heterocycles. The van der Waals surface area contributed by atoms with Gasteiger partial charge in [-0.1, -0.05) is 33.1 Å². The summed E-state index contributed by atoms with van der Waals surface area (Å²) in [6.07, 6.45) is 5.51. The van der Waals surface area contributed by atoms with E-state index in [0.29, 0.717) is 0 Å². The summed E-state index contributed by atoms with van der Waals surface area (Å²) in [6.45, 7) is 3.42. The molecule has 0 aromatic heterocycles. The fourth-order valence-electron chi connectivity index (χ4n) is 2.38. The van der Waals surface area contributed by atoms with Gasteiger partial charge in [-0.25, -0.2) is 4.79 Å². The van der Waals surface area contributed by atoms with Gasteiger partial charge in [0.2, 0.25) is 0 Å². The van der Waals surface area contributed by atoms with Crippen molar-refractivity contribution in [1.29, 1.82) is 0 Å². The molecule has 1 fully saturated rings. The Balaban J connectivity index is 2.53. The van der Waals surface area contributed by atoms with E-state index in [1.54, 1.807) is 26.0 Å². The molecule has 0 aromatic rings. The minimum Gasteiger partial charge on any atom is -0.481 e. The third kappa shape index (κ3) is 3.98. The molecule has 0 heterocycles. The Labute approximate surface area is 108 Å². The van der Waals surface area contributed by atoms with Crippen LogP contribution in [-0.4, -0.2) is 35.2 Å². The van der Waals surface area contributed by atoms with Gasteiger partial charge in [-0.05, 0) is 18.8 Å². The molecular weight excluding hydrogens is 234 g/mol. The molecule has 0 unspecified atom stereocenters. The summed E-state index contributed by atoms with van der Waals surface area (Å²) in [6, 6.07) is 0.226. The molecule has 0 aromatic carbocycles. The van der Waals surface area contributed by atoms with Gasteiger partial charge in [0.15, 0.2) is 5.92 Å². The largest absolute Gasteiger partial charge is 0.481 e. The number of carbonyl (C=O) groups excluding carboxylic acids is 1. The van der Waals surface area contributed by atoms with Crippen LogP contribution in [0.2, 0.25) is 0 Å². The quantitative estimate of drug-likeness (QED) is 0.603. The van der Waals surface area contributed by atoms with Crippen molar-refractivity contribution in [3.05, 3.63) is 0 Å². The van der Waals surface area contributed by atoms with Crippen LogP contribution in [0.1, 0.15) is 46.0 Å². The Hall–Kier alpha value is -1.10. The average Bonchev–Trinajstić information content (AvgIpc) is 2.28. The first-order chi connectivity index (χ1) is 8.43. The lowest BCUT2D eigenvalue weighted by molar-refractivity contribution is -0.204. The van der Waals surface area contributed by atoms with Crippen LogP contribution in [0.15, 0.2) is 0 Å². The number of nitrogens with zero attached hydrogens (tertiary/aromatic N) is 1. The van der Waals surface area contributed by atoms with Gasteiger partial charge in [0.25, 0.3) is 0 Å². The van der Waals surface area contributed by atoms with E-state index >= 15 is 0 Å². The standard InChI is InChI=1S/C13H23NO4/c1-9(2)11(12(15)16)13(17)18-14(3)10-7-5-4-6-8-10/h9-11H,4-8H2,1-3H3,(H,15,16)/t11-/m0/s1. The molecule has 5 nitrogen and oxygen atoms in total. The number of carbonyl (C=O) groups is 2. The molecule has 1 rings (SSSR count). The molecule has 0 bridgehead atoms. The smallest absolute Gasteiger partial charge is 0.339 e. The highest BCUT2D eigenvalue weighted by Gasteiger charge is 2.33. The summed E-state index contributed by atoms with van der Waals surface area (Å²) in [4.78, 5) is 28.0. The molecular formula is C13H23NO4. The van der Waals surface area contributed by atoms with Crippen molar-refractivity contribution >= 4 is 11.9 Å². The van der Waals surface area contributed by atoms with Crippen LogP contribution in [0.25, 0.3) is 0 Å². The topological polar surface area (TPSA) is 66.8 Å². The van der Waals surface area contributed by atoms with E-state index in [2.05, 4.69) is 0 Å². The minimum atomic E-state index is -1.12. The lowest BCUT2D eigenvalue weighted by atomic mass is 9.95. The van der Waals surface area contributed by atoms with Crippen LogP contribution in [0.3, 0.4) is 0 Å². The fourth-order valence-corrected chi connectivity index (χ4v) is 2.38. The van der Waals surface area contributed by atoms with E-state index in [1.165, 1.54) is 6.42 Å². The Kier molecular flexibility index (Phi) is 5.59. The second-order valence-electron chi connectivity index (χ2n) is 5.31. The number of carboxylic acid groups (broad SMARTS) is 1. The third-order valence-corrected chi connectivity index (χ3v) is 3.51. The summed E-state index contributed by atoms with van der Waals surface area (Å²) >= 11 is 0. The van der Waals surface area contributed by atoms with Gasteiger partial charge in [0, 0.05) is 13.1 Å². The van der Waals surface area contributed by atoms with Gasteiger partial charge in [0.05, 0.1) is 0 Å². The third-order valence-electron chi connectivity index (χ3n) is 3.51. The maximum atomic E-state index is 11.8. The number of hydrogen-bond donors (Lipinski definition) is 1. The predicted molar refractivity (Wildman–Crippen MR) is 66.7 cm³/mol. The van der Waals surface area contributed by atoms with Crippen molar-refractivity contribution in [3.8, 4) is 0 Å². The Morgan fingerprint density at radius 3 is 2.22 bits per heavy atom. The molecule has 0 aliphatic heterocycles. The Bertz CT molecular complexity index is 297. The number of hydroxylamine groups is 2. The maximum absolute atomic E-state index is 11.8. The molecule has 18 heavy (non-hydrogen) atoms. The second kappa shape index (κ2) is 6.73. The van der Waals surface area contributed by atoms with E-state index in [1.807, 2.05) is 0 Å². The molecule has 5 heteroatoms. The van der Waals surface area contributed by atoms with Crippen LogP contribution in [-0.2, 0) is 14.4 Å². The molecule has 1 saturated carbocycles. The van der Waals surface area contributed by atoms with Crippen LogP contribution in [0.4, 0.5) is 0 Å². The van der Waals surface area contributed by atoms with Crippen LogP contribution in [0, 0.1) is 11.8 Å². The lowest BCUT2D eigenvalue weighted by Crippen LogP contribution is -2.40. The number of carboxylic acids is 1. The van der Waals surface area contributed by atoms with Crippen molar-refractivity contribution in [2.75, 3.05) is 7.05 Å². The van der Waals surface area contributed by atoms with Gasteiger partial charge < -0.3 is 9.94 Å². The van der Waals surface area contributed by atoms with Gasteiger partial charge in [-0.2, -0.15) is 0 Å². The monoisotopic (exact) mass is 257 g/mol. The van der Waals surface area contributed by atoms with Gasteiger partial charge >= 0.3 is 11.9 Å². The van der Waals surface area contributed by atoms with E-state index in [0.717, 1.165) is 25.7 Å². The SMILES string of the molecule is CC(C)[C@@H](C(=O)O)C(=O)ON(C)C1CCCCC1. The fraction of sp³-hybridized carbons (Fsp3) is 0.846. The Morgan fingerprint density at radius 1 is 1.22 bits per heavy atom. The zero-order valence-corrected chi connectivity index (χ0v) is 11.4. The van der Waals surface area contributed by atoms with Gasteiger partial charge in [-0.3, -0.25) is 4.79 Å².